The maximum atomic E-state index is 16.5. The number of carbonyl (C=O) groups is 1. The first kappa shape index (κ1) is 29.8. The predicted molar refractivity (Wildman–Crippen MR) is 161 cm³/mol. The lowest BCUT2D eigenvalue weighted by molar-refractivity contribution is -0.131. The summed E-state index contributed by atoms with van der Waals surface area (Å²) in [5, 5.41) is -0.566. The number of hydrogen-bond acceptors (Lipinski definition) is 7. The summed E-state index contributed by atoms with van der Waals surface area (Å²) >= 11 is 0.607. The van der Waals surface area contributed by atoms with Crippen LogP contribution < -0.4 is 9.64 Å². The number of piperazine rings is 1. The van der Waals surface area contributed by atoms with Crippen LogP contribution in [0, 0.1) is 23.3 Å². The van der Waals surface area contributed by atoms with Crippen molar-refractivity contribution in [3.63, 3.8) is 0 Å². The Morgan fingerprint density at radius 2 is 1.91 bits per heavy atom. The van der Waals surface area contributed by atoms with Crippen molar-refractivity contribution in [1.29, 1.82) is 0 Å². The number of carbonyl (C=O) groups excluding carboxylic acids is 1. The fourth-order valence-corrected chi connectivity index (χ4v) is 6.94. The third-order valence-electron chi connectivity index (χ3n) is 8.33. The summed E-state index contributed by atoms with van der Waals surface area (Å²) in [6, 6.07) is 7.18. The number of likely N-dealkylation sites (tertiary alicyclic amines) is 1. The summed E-state index contributed by atoms with van der Waals surface area (Å²) in [7, 11) is 2.00. The van der Waals surface area contributed by atoms with Gasteiger partial charge < -0.3 is 24.3 Å². The fourth-order valence-electron chi connectivity index (χ4n) is 6.00. The Hall–Kier alpha value is -4.28. The van der Waals surface area contributed by atoms with E-state index in [-0.39, 0.29) is 66.0 Å². The number of fused-ring (bicyclic) bond motifs is 2. The maximum Gasteiger partial charge on any atom is 0.319 e. The maximum absolute atomic E-state index is 16.5. The molecule has 0 bridgehead atoms. The second kappa shape index (κ2) is 12.0. The number of hydrogen-bond donors (Lipinski definition) is 0. The molecule has 2 saturated heterocycles. The molecule has 2 aromatic carbocycles. The summed E-state index contributed by atoms with van der Waals surface area (Å²) in [5.74, 6) is -3.34. The first-order chi connectivity index (χ1) is 21.2. The molecule has 2 aliphatic heterocycles. The highest BCUT2D eigenvalue weighted by atomic mass is 32.1. The average molecular weight is 625 g/mol. The van der Waals surface area contributed by atoms with E-state index in [9.17, 15) is 18.0 Å². The van der Waals surface area contributed by atoms with Crippen LogP contribution in [0.1, 0.15) is 12.8 Å². The molecule has 2 atom stereocenters. The molecule has 0 N–H and O–H groups in total. The van der Waals surface area contributed by atoms with E-state index in [2.05, 4.69) is 26.3 Å². The largest absolute Gasteiger partial charge is 0.462 e. The number of nitrogens with zero attached hydrogens (tertiary/aromatic N) is 6. The van der Waals surface area contributed by atoms with Crippen LogP contribution in [0.5, 0.6) is 6.01 Å². The van der Waals surface area contributed by atoms with Gasteiger partial charge >= 0.3 is 6.01 Å². The summed E-state index contributed by atoms with van der Waals surface area (Å²) in [6.07, 6.45) is 1.96. The molecule has 1 amide bonds. The van der Waals surface area contributed by atoms with E-state index in [1.807, 2.05) is 11.9 Å². The number of ether oxygens (including phenoxy) is 1. The van der Waals surface area contributed by atoms with Crippen molar-refractivity contribution in [1.82, 2.24) is 19.8 Å². The summed E-state index contributed by atoms with van der Waals surface area (Å²) in [5.41, 5.74) is 0.382. The van der Waals surface area contributed by atoms with Crippen molar-refractivity contribution in [3.8, 4) is 17.1 Å². The molecule has 2 fully saturated rings. The van der Waals surface area contributed by atoms with Gasteiger partial charge in [-0.25, -0.2) is 19.7 Å². The number of likely N-dealkylation sites (N-methyl/N-ethyl adjacent to an activating group) is 1. The number of benzene rings is 2. The number of thiophene rings is 1. The standard InChI is InChI=1S/C31H28F4N6O2S/c1-17(32)30(42)41-13-12-40(15-19(41)14-36-2)29-23-10-9-20(21-7-4-8-22-25(34)28(35)44-27(21)22)24(33)26(23)37-31(38-29)43-16-18-6-5-11-39(18)3/h4,7-10,18-19H,1,5-6,11-16H2,3H3/t18-,19-/m0/s1. The van der Waals surface area contributed by atoms with E-state index >= 15 is 4.39 Å². The Morgan fingerprint density at radius 1 is 1.09 bits per heavy atom. The van der Waals surface area contributed by atoms with E-state index in [0.717, 1.165) is 19.4 Å². The van der Waals surface area contributed by atoms with Crippen molar-refractivity contribution in [2.75, 3.05) is 51.3 Å². The Labute approximate surface area is 255 Å². The first-order valence-corrected chi connectivity index (χ1v) is 14.9. The predicted octanol–water partition coefficient (Wildman–Crippen LogP) is 5.82. The lowest BCUT2D eigenvalue weighted by Gasteiger charge is -2.39. The van der Waals surface area contributed by atoms with Gasteiger partial charge in [0.2, 0.25) is 11.7 Å². The van der Waals surface area contributed by atoms with Crippen LogP contribution in [0.15, 0.2) is 42.7 Å². The number of aromatic nitrogens is 2. The third-order valence-corrected chi connectivity index (χ3v) is 9.33. The van der Waals surface area contributed by atoms with Gasteiger partial charge in [-0.05, 0) is 32.5 Å². The molecular weight excluding hydrogens is 596 g/mol. The summed E-state index contributed by atoms with van der Waals surface area (Å²) < 4.78 is 65.1. The molecule has 0 unspecified atom stereocenters. The minimum absolute atomic E-state index is 0.0471. The summed E-state index contributed by atoms with van der Waals surface area (Å²) in [4.78, 5) is 30.3. The van der Waals surface area contributed by atoms with Crippen molar-refractivity contribution in [2.24, 2.45) is 0 Å². The van der Waals surface area contributed by atoms with Gasteiger partial charge in [-0.1, -0.05) is 30.8 Å². The molecule has 13 heteroatoms. The molecule has 6 rings (SSSR count). The third kappa shape index (κ3) is 5.33. The fraction of sp³-hybridized carbons (Fsp3) is 0.355. The van der Waals surface area contributed by atoms with Gasteiger partial charge in [-0.2, -0.15) is 14.4 Å². The molecule has 0 radical (unpaired) electrons. The molecule has 4 aromatic rings. The molecule has 0 saturated carbocycles. The van der Waals surface area contributed by atoms with Crippen molar-refractivity contribution in [3.05, 3.63) is 70.9 Å². The van der Waals surface area contributed by atoms with Gasteiger partial charge in [0.05, 0.1) is 0 Å². The quantitative estimate of drug-likeness (QED) is 0.147. The van der Waals surface area contributed by atoms with Crippen molar-refractivity contribution in [2.45, 2.75) is 24.9 Å². The minimum Gasteiger partial charge on any atom is -0.462 e. The Bertz CT molecular complexity index is 1820. The SMILES string of the molecule is [C-]#[N+]C[C@H]1CN(c2nc(OC[C@@H]3CCCN3C)nc3c(F)c(-c4cccc5c(F)c(F)sc45)ccc23)CCN1C(=O)C(=C)F. The first-order valence-electron chi connectivity index (χ1n) is 14.1. The molecule has 44 heavy (non-hydrogen) atoms. The molecule has 4 heterocycles. The zero-order valence-corrected chi connectivity index (χ0v) is 24.6. The van der Waals surface area contributed by atoms with Gasteiger partial charge in [0, 0.05) is 52.3 Å². The molecule has 0 spiro atoms. The number of amides is 1. The average Bonchev–Trinajstić information content (AvgIpc) is 3.56. The number of halogens is 4. The number of anilines is 1. The topological polar surface area (TPSA) is 66.2 Å². The van der Waals surface area contributed by atoms with Crippen LogP contribution in [0.2, 0.25) is 0 Å². The molecule has 2 aromatic heterocycles. The highest BCUT2D eigenvalue weighted by Crippen LogP contribution is 2.40. The number of rotatable bonds is 7. The van der Waals surface area contributed by atoms with Gasteiger partial charge in [0.1, 0.15) is 24.0 Å². The molecule has 2 aliphatic rings. The van der Waals surface area contributed by atoms with Crippen LogP contribution in [0.4, 0.5) is 23.4 Å². The molecule has 8 nitrogen and oxygen atoms in total. The second-order valence-electron chi connectivity index (χ2n) is 11.0. The van der Waals surface area contributed by atoms with Crippen molar-refractivity contribution >= 4 is 44.1 Å². The lowest BCUT2D eigenvalue weighted by atomic mass is 10.0. The highest BCUT2D eigenvalue weighted by Gasteiger charge is 2.35. The molecule has 0 aliphatic carbocycles. The highest BCUT2D eigenvalue weighted by molar-refractivity contribution is 7.18. The van der Waals surface area contributed by atoms with E-state index in [1.54, 1.807) is 18.2 Å². The van der Waals surface area contributed by atoms with Crippen LogP contribution in [-0.4, -0.2) is 84.1 Å². The smallest absolute Gasteiger partial charge is 0.319 e. The monoisotopic (exact) mass is 624 g/mol. The van der Waals surface area contributed by atoms with Crippen LogP contribution >= 0.6 is 11.3 Å². The molecular formula is C31H28F4N6O2S. The van der Waals surface area contributed by atoms with Crippen LogP contribution in [0.3, 0.4) is 0 Å². The van der Waals surface area contributed by atoms with Crippen LogP contribution in [-0.2, 0) is 4.79 Å². The van der Waals surface area contributed by atoms with E-state index in [0.29, 0.717) is 28.1 Å². The molecule has 228 valence electrons. The zero-order valence-electron chi connectivity index (χ0n) is 23.8. The van der Waals surface area contributed by atoms with E-state index in [1.165, 1.54) is 17.0 Å². The Balaban J connectivity index is 1.45. The minimum atomic E-state index is -1.11. The zero-order chi connectivity index (χ0) is 31.1. The van der Waals surface area contributed by atoms with Crippen molar-refractivity contribution < 1.29 is 27.1 Å². The second-order valence-corrected chi connectivity index (χ2v) is 11.9. The summed E-state index contributed by atoms with van der Waals surface area (Å²) in [6.45, 7) is 12.1. The van der Waals surface area contributed by atoms with Gasteiger partial charge in [0.15, 0.2) is 17.5 Å². The Kier molecular flexibility index (Phi) is 8.13. The Morgan fingerprint density at radius 3 is 2.64 bits per heavy atom. The lowest BCUT2D eigenvalue weighted by Crippen LogP contribution is -2.56. The van der Waals surface area contributed by atoms with E-state index < -0.39 is 34.5 Å². The van der Waals surface area contributed by atoms with E-state index in [4.69, 9.17) is 11.3 Å². The van der Waals surface area contributed by atoms with Gasteiger partial charge in [0.25, 0.3) is 5.91 Å². The van der Waals surface area contributed by atoms with Gasteiger partial charge in [-0.3, -0.25) is 4.79 Å². The normalized spacial score (nSPS) is 19.1. The van der Waals surface area contributed by atoms with Crippen LogP contribution in [0.25, 0.3) is 37.0 Å². The van der Waals surface area contributed by atoms with Gasteiger partial charge in [-0.15, -0.1) is 11.3 Å².